The van der Waals surface area contributed by atoms with Crippen LogP contribution in [-0.2, 0) is 21.4 Å². The van der Waals surface area contributed by atoms with Crippen molar-refractivity contribution in [3.8, 4) is 5.75 Å². The highest BCUT2D eigenvalue weighted by atomic mass is 32.2. The van der Waals surface area contributed by atoms with Gasteiger partial charge in [-0.2, -0.15) is 0 Å². The number of amides is 1. The van der Waals surface area contributed by atoms with E-state index < -0.39 is 16.1 Å². The van der Waals surface area contributed by atoms with Gasteiger partial charge in [-0.05, 0) is 50.1 Å². The van der Waals surface area contributed by atoms with Crippen LogP contribution in [0.25, 0.3) is 0 Å². The number of rotatable bonds is 9. The van der Waals surface area contributed by atoms with Gasteiger partial charge in [0.1, 0.15) is 11.8 Å². The minimum atomic E-state index is -3.62. The first kappa shape index (κ1) is 21.8. The molecular formula is C21H28N2O4S. The molecule has 0 radical (unpaired) electrons. The topological polar surface area (TPSA) is 75.7 Å². The molecule has 28 heavy (non-hydrogen) atoms. The number of nitrogens with zero attached hydrogens (tertiary/aromatic N) is 1. The van der Waals surface area contributed by atoms with Gasteiger partial charge >= 0.3 is 0 Å². The van der Waals surface area contributed by atoms with Crippen molar-refractivity contribution in [1.29, 1.82) is 0 Å². The summed E-state index contributed by atoms with van der Waals surface area (Å²) < 4.78 is 31.5. The number of carbonyl (C=O) groups is 1. The van der Waals surface area contributed by atoms with E-state index in [1.807, 2.05) is 38.1 Å². The van der Waals surface area contributed by atoms with Crippen LogP contribution in [0.3, 0.4) is 0 Å². The number of sulfonamides is 1. The number of ether oxygens (including phenoxy) is 1. The Balaban J connectivity index is 2.11. The van der Waals surface area contributed by atoms with Crippen molar-refractivity contribution < 1.29 is 17.9 Å². The van der Waals surface area contributed by atoms with Crippen LogP contribution in [0.2, 0.25) is 0 Å². The van der Waals surface area contributed by atoms with Crippen LogP contribution in [-0.4, -0.2) is 32.7 Å². The van der Waals surface area contributed by atoms with Crippen LogP contribution >= 0.6 is 0 Å². The van der Waals surface area contributed by atoms with E-state index in [4.69, 9.17) is 4.74 Å². The van der Waals surface area contributed by atoms with Crippen molar-refractivity contribution in [1.82, 2.24) is 5.32 Å². The zero-order chi connectivity index (χ0) is 20.7. The van der Waals surface area contributed by atoms with Crippen molar-refractivity contribution in [2.45, 2.75) is 45.9 Å². The summed E-state index contributed by atoms with van der Waals surface area (Å²) >= 11 is 0. The van der Waals surface area contributed by atoms with Gasteiger partial charge in [0.25, 0.3) is 0 Å². The van der Waals surface area contributed by atoms with E-state index in [0.29, 0.717) is 18.7 Å². The predicted molar refractivity (Wildman–Crippen MR) is 112 cm³/mol. The molecule has 0 aromatic heterocycles. The highest BCUT2D eigenvalue weighted by molar-refractivity contribution is 7.92. The molecule has 1 N–H and O–H groups in total. The van der Waals surface area contributed by atoms with Gasteiger partial charge < -0.3 is 10.1 Å². The first-order valence-corrected chi connectivity index (χ1v) is 11.1. The van der Waals surface area contributed by atoms with E-state index >= 15 is 0 Å². The zero-order valence-electron chi connectivity index (χ0n) is 16.8. The van der Waals surface area contributed by atoms with Gasteiger partial charge in [0.15, 0.2) is 0 Å². The Hall–Kier alpha value is -2.54. The van der Waals surface area contributed by atoms with Crippen molar-refractivity contribution >= 4 is 21.6 Å². The molecule has 0 aliphatic carbocycles. The minimum Gasteiger partial charge on any atom is -0.491 e. The molecule has 0 aliphatic heterocycles. The summed E-state index contributed by atoms with van der Waals surface area (Å²) in [6, 6.07) is 15.3. The Kier molecular flexibility index (Phi) is 7.45. The van der Waals surface area contributed by atoms with Crippen molar-refractivity contribution in [3.63, 3.8) is 0 Å². The van der Waals surface area contributed by atoms with E-state index in [9.17, 15) is 13.2 Å². The molecule has 0 aliphatic rings. The molecule has 0 bridgehead atoms. The molecule has 1 atom stereocenters. The highest BCUT2D eigenvalue weighted by Gasteiger charge is 2.31. The Morgan fingerprint density at radius 1 is 1.07 bits per heavy atom. The van der Waals surface area contributed by atoms with E-state index in [2.05, 4.69) is 5.32 Å². The van der Waals surface area contributed by atoms with Crippen LogP contribution in [0.5, 0.6) is 5.75 Å². The molecule has 2 aromatic rings. The van der Waals surface area contributed by atoms with Crippen molar-refractivity contribution in [2.24, 2.45) is 0 Å². The normalized spacial score (nSPS) is 12.5. The third-order valence-electron chi connectivity index (χ3n) is 4.10. The first-order chi connectivity index (χ1) is 13.2. The largest absolute Gasteiger partial charge is 0.491 e. The third kappa shape index (κ3) is 5.99. The molecule has 0 fully saturated rings. The molecule has 2 rings (SSSR count). The minimum absolute atomic E-state index is 0.0934. The van der Waals surface area contributed by atoms with Crippen LogP contribution in [0, 0.1) is 0 Å². The fourth-order valence-corrected chi connectivity index (χ4v) is 4.11. The van der Waals surface area contributed by atoms with Crippen LogP contribution in [0.15, 0.2) is 54.6 Å². The second-order valence-corrected chi connectivity index (χ2v) is 8.71. The SMILES string of the molecule is CCC(C(=O)NCc1ccc(OC(C)C)cc1)N(c1ccccc1)S(C)(=O)=O. The lowest BCUT2D eigenvalue weighted by Gasteiger charge is -2.30. The monoisotopic (exact) mass is 404 g/mol. The molecule has 7 heteroatoms. The highest BCUT2D eigenvalue weighted by Crippen LogP contribution is 2.22. The smallest absolute Gasteiger partial charge is 0.244 e. The maximum atomic E-state index is 12.8. The number of nitrogens with one attached hydrogen (secondary N) is 1. The summed E-state index contributed by atoms with van der Waals surface area (Å²) in [4.78, 5) is 12.8. The van der Waals surface area contributed by atoms with Crippen LogP contribution < -0.4 is 14.4 Å². The lowest BCUT2D eigenvalue weighted by atomic mass is 10.1. The number of para-hydroxylation sites is 1. The Bertz CT molecular complexity index is 865. The summed E-state index contributed by atoms with van der Waals surface area (Å²) in [7, 11) is -3.62. The molecule has 0 saturated carbocycles. The number of hydrogen-bond donors (Lipinski definition) is 1. The maximum absolute atomic E-state index is 12.8. The summed E-state index contributed by atoms with van der Waals surface area (Å²) in [6.07, 6.45) is 1.56. The fraction of sp³-hybridized carbons (Fsp3) is 0.381. The molecule has 0 spiro atoms. The zero-order valence-corrected chi connectivity index (χ0v) is 17.6. The van der Waals surface area contributed by atoms with Gasteiger partial charge in [-0.15, -0.1) is 0 Å². The molecule has 152 valence electrons. The van der Waals surface area contributed by atoms with Crippen LogP contribution in [0.4, 0.5) is 5.69 Å². The second-order valence-electron chi connectivity index (χ2n) is 6.85. The summed E-state index contributed by atoms with van der Waals surface area (Å²) in [6.45, 7) is 6.02. The Morgan fingerprint density at radius 3 is 2.18 bits per heavy atom. The van der Waals surface area contributed by atoms with E-state index in [-0.39, 0.29) is 12.0 Å². The molecule has 1 unspecified atom stereocenters. The summed E-state index contributed by atoms with van der Waals surface area (Å²) in [5, 5.41) is 2.85. The first-order valence-electron chi connectivity index (χ1n) is 9.30. The van der Waals surface area contributed by atoms with Gasteiger partial charge in [0, 0.05) is 6.54 Å². The van der Waals surface area contributed by atoms with Gasteiger partial charge in [0.05, 0.1) is 18.0 Å². The lowest BCUT2D eigenvalue weighted by molar-refractivity contribution is -0.122. The lowest BCUT2D eigenvalue weighted by Crippen LogP contribution is -2.49. The Morgan fingerprint density at radius 2 is 1.68 bits per heavy atom. The van der Waals surface area contributed by atoms with Crippen molar-refractivity contribution in [3.05, 3.63) is 60.2 Å². The second kappa shape index (κ2) is 9.59. The van der Waals surface area contributed by atoms with Crippen molar-refractivity contribution in [2.75, 3.05) is 10.6 Å². The number of benzene rings is 2. The van der Waals surface area contributed by atoms with E-state index in [0.717, 1.165) is 17.6 Å². The van der Waals surface area contributed by atoms with E-state index in [1.54, 1.807) is 37.3 Å². The number of anilines is 1. The van der Waals surface area contributed by atoms with E-state index in [1.165, 1.54) is 4.31 Å². The average molecular weight is 405 g/mol. The third-order valence-corrected chi connectivity index (χ3v) is 5.28. The maximum Gasteiger partial charge on any atom is 0.244 e. The summed E-state index contributed by atoms with van der Waals surface area (Å²) in [5.74, 6) is 0.433. The van der Waals surface area contributed by atoms with Gasteiger partial charge in [-0.25, -0.2) is 8.42 Å². The Labute approximate surface area is 167 Å². The molecule has 2 aromatic carbocycles. The molecule has 0 heterocycles. The standard InChI is InChI=1S/C21H28N2O4S/c1-5-20(23(28(4,25)26)18-9-7-6-8-10-18)21(24)22-15-17-11-13-19(14-12-17)27-16(2)3/h6-14,16,20H,5,15H2,1-4H3,(H,22,24). The van der Waals surface area contributed by atoms with Gasteiger partial charge in [-0.3, -0.25) is 9.10 Å². The van der Waals surface area contributed by atoms with Gasteiger partial charge in [0.2, 0.25) is 15.9 Å². The van der Waals surface area contributed by atoms with Gasteiger partial charge in [-0.1, -0.05) is 37.3 Å². The molecular weight excluding hydrogens is 376 g/mol. The average Bonchev–Trinajstić information content (AvgIpc) is 2.64. The quantitative estimate of drug-likeness (QED) is 0.696. The fourth-order valence-electron chi connectivity index (χ4n) is 2.90. The molecule has 6 nitrogen and oxygen atoms in total. The molecule has 0 saturated heterocycles. The predicted octanol–water partition coefficient (Wildman–Crippen LogP) is 3.33. The van der Waals surface area contributed by atoms with Crippen LogP contribution in [0.1, 0.15) is 32.8 Å². The summed E-state index contributed by atoms with van der Waals surface area (Å²) in [5.41, 5.74) is 1.38. The number of carbonyl (C=O) groups excluding carboxylic acids is 1. The number of hydrogen-bond acceptors (Lipinski definition) is 4. The molecule has 1 amide bonds.